The van der Waals surface area contributed by atoms with Gasteiger partial charge in [-0.2, -0.15) is 0 Å². The standard InChI is InChI=1S/C18H35O7P/c1-11(2)17(12(3)4)24-15(19)9-22-26(21)23-10-16(20)25-18(13(5)6)14(7)8/h11-14,17-18,26H,9-10H2,1-8H3. The number of esters is 2. The van der Waals surface area contributed by atoms with E-state index in [1.165, 1.54) is 0 Å². The Morgan fingerprint density at radius 1 is 0.654 bits per heavy atom. The number of carbonyl (C=O) groups excluding carboxylic acids is 2. The summed E-state index contributed by atoms with van der Waals surface area (Å²) in [5, 5.41) is 0. The predicted octanol–water partition coefficient (Wildman–Crippen LogP) is 3.86. The minimum atomic E-state index is -2.98. The molecular weight excluding hydrogens is 359 g/mol. The van der Waals surface area contributed by atoms with Crippen molar-refractivity contribution in [2.45, 2.75) is 67.6 Å². The highest BCUT2D eigenvalue weighted by Crippen LogP contribution is 2.25. The van der Waals surface area contributed by atoms with Crippen LogP contribution in [0.3, 0.4) is 0 Å². The minimum Gasteiger partial charge on any atom is -0.460 e. The highest BCUT2D eigenvalue weighted by atomic mass is 31.1. The number of hydrogen-bond acceptors (Lipinski definition) is 7. The van der Waals surface area contributed by atoms with Gasteiger partial charge in [-0.25, -0.2) is 9.59 Å². The van der Waals surface area contributed by atoms with Gasteiger partial charge < -0.3 is 9.47 Å². The number of carbonyl (C=O) groups is 2. The summed E-state index contributed by atoms with van der Waals surface area (Å²) in [6.07, 6.45) is -0.485. The monoisotopic (exact) mass is 394 g/mol. The van der Waals surface area contributed by atoms with Gasteiger partial charge in [0.1, 0.15) is 12.2 Å². The quantitative estimate of drug-likeness (QED) is 0.367. The van der Waals surface area contributed by atoms with Gasteiger partial charge in [-0.05, 0) is 23.7 Å². The van der Waals surface area contributed by atoms with Crippen LogP contribution in [0.25, 0.3) is 0 Å². The van der Waals surface area contributed by atoms with Gasteiger partial charge in [0, 0.05) is 0 Å². The highest BCUT2D eigenvalue weighted by molar-refractivity contribution is 7.33. The van der Waals surface area contributed by atoms with E-state index in [9.17, 15) is 14.2 Å². The summed E-state index contributed by atoms with van der Waals surface area (Å²) in [4.78, 5) is 23.6. The van der Waals surface area contributed by atoms with Crippen LogP contribution in [0.2, 0.25) is 0 Å². The Morgan fingerprint density at radius 2 is 0.923 bits per heavy atom. The Bertz CT molecular complexity index is 404. The van der Waals surface area contributed by atoms with Crippen molar-refractivity contribution in [1.82, 2.24) is 0 Å². The van der Waals surface area contributed by atoms with Crippen LogP contribution in [-0.4, -0.2) is 37.4 Å². The maximum atomic E-state index is 11.8. The number of ether oxygens (including phenoxy) is 2. The van der Waals surface area contributed by atoms with Crippen molar-refractivity contribution in [3.63, 3.8) is 0 Å². The molecule has 0 aliphatic rings. The first-order chi connectivity index (χ1) is 12.0. The Balaban J connectivity index is 4.23. The van der Waals surface area contributed by atoms with Crippen LogP contribution in [0.4, 0.5) is 0 Å². The van der Waals surface area contributed by atoms with Gasteiger partial charge in [0.25, 0.3) is 0 Å². The zero-order valence-electron chi connectivity index (χ0n) is 17.2. The lowest BCUT2D eigenvalue weighted by atomic mass is 9.96. The van der Waals surface area contributed by atoms with Crippen molar-refractivity contribution in [2.75, 3.05) is 13.2 Å². The molecule has 0 N–H and O–H groups in total. The van der Waals surface area contributed by atoms with E-state index in [0.29, 0.717) is 0 Å². The third kappa shape index (κ3) is 10.3. The van der Waals surface area contributed by atoms with Crippen molar-refractivity contribution < 1.29 is 32.7 Å². The van der Waals surface area contributed by atoms with E-state index in [2.05, 4.69) is 0 Å². The van der Waals surface area contributed by atoms with Crippen LogP contribution in [-0.2, 0) is 32.7 Å². The van der Waals surface area contributed by atoms with Crippen molar-refractivity contribution in [3.8, 4) is 0 Å². The first-order valence-corrected chi connectivity index (χ1v) is 10.4. The Kier molecular flexibility index (Phi) is 12.0. The first kappa shape index (κ1) is 25.1. The second-order valence-corrected chi connectivity index (χ2v) is 8.79. The lowest BCUT2D eigenvalue weighted by Crippen LogP contribution is -2.30. The van der Waals surface area contributed by atoms with Crippen LogP contribution in [0, 0.1) is 23.7 Å². The summed E-state index contributed by atoms with van der Waals surface area (Å²) in [7, 11) is -2.98. The molecule has 0 rings (SSSR count). The van der Waals surface area contributed by atoms with Crippen molar-refractivity contribution in [3.05, 3.63) is 0 Å². The molecule has 0 atom stereocenters. The first-order valence-electron chi connectivity index (χ1n) is 9.14. The average molecular weight is 394 g/mol. The molecule has 0 unspecified atom stereocenters. The fourth-order valence-corrected chi connectivity index (χ4v) is 3.29. The largest absolute Gasteiger partial charge is 0.460 e. The van der Waals surface area contributed by atoms with E-state index in [1.807, 2.05) is 55.4 Å². The van der Waals surface area contributed by atoms with E-state index in [4.69, 9.17) is 18.5 Å². The Hall–Kier alpha value is -0.910. The molecule has 0 aliphatic carbocycles. The number of rotatable bonds is 12. The normalized spacial score (nSPS) is 12.3. The van der Waals surface area contributed by atoms with E-state index in [-0.39, 0.29) is 35.9 Å². The molecule has 0 amide bonds. The summed E-state index contributed by atoms with van der Waals surface area (Å²) in [6.45, 7) is 14.7. The molecule has 0 spiro atoms. The molecule has 26 heavy (non-hydrogen) atoms. The fraction of sp³-hybridized carbons (Fsp3) is 0.889. The Morgan fingerprint density at radius 3 is 1.15 bits per heavy atom. The molecule has 0 saturated heterocycles. The van der Waals surface area contributed by atoms with Gasteiger partial charge in [0.05, 0.1) is 0 Å². The zero-order chi connectivity index (χ0) is 20.4. The third-order valence-corrected chi connectivity index (χ3v) is 4.54. The molecular formula is C18H35O7P. The van der Waals surface area contributed by atoms with E-state index in [1.54, 1.807) is 0 Å². The zero-order valence-corrected chi connectivity index (χ0v) is 18.2. The maximum absolute atomic E-state index is 11.8. The maximum Gasteiger partial charge on any atom is 0.332 e. The second kappa shape index (κ2) is 12.5. The SMILES string of the molecule is CC(C)C(OC(=O)CO[PH](=O)OCC(=O)OC(C(C)C)C(C)C)C(C)C. The van der Waals surface area contributed by atoms with Crippen LogP contribution in [0.15, 0.2) is 0 Å². The fourth-order valence-electron chi connectivity index (χ4n) is 2.73. The van der Waals surface area contributed by atoms with E-state index >= 15 is 0 Å². The van der Waals surface area contributed by atoms with Gasteiger partial charge in [-0.15, -0.1) is 0 Å². The topological polar surface area (TPSA) is 88.1 Å². The molecule has 0 bridgehead atoms. The number of hydrogen-bond donors (Lipinski definition) is 0. The molecule has 0 aliphatic heterocycles. The van der Waals surface area contributed by atoms with E-state index in [0.717, 1.165) is 0 Å². The smallest absolute Gasteiger partial charge is 0.332 e. The lowest BCUT2D eigenvalue weighted by Gasteiger charge is -2.25. The average Bonchev–Trinajstić information content (AvgIpc) is 2.52. The van der Waals surface area contributed by atoms with Crippen molar-refractivity contribution >= 4 is 20.2 Å². The van der Waals surface area contributed by atoms with Crippen LogP contribution < -0.4 is 0 Å². The molecule has 8 heteroatoms. The second-order valence-electron chi connectivity index (χ2n) is 7.71. The molecule has 0 fully saturated rings. The van der Waals surface area contributed by atoms with Crippen molar-refractivity contribution in [1.29, 1.82) is 0 Å². The molecule has 0 aromatic rings. The highest BCUT2D eigenvalue weighted by Gasteiger charge is 2.24. The molecule has 0 aromatic heterocycles. The summed E-state index contributed by atoms with van der Waals surface area (Å²) >= 11 is 0. The summed E-state index contributed by atoms with van der Waals surface area (Å²) in [6, 6.07) is 0. The molecule has 154 valence electrons. The summed E-state index contributed by atoms with van der Waals surface area (Å²) < 4.78 is 32.0. The Labute approximate surface area is 158 Å². The molecule has 7 nitrogen and oxygen atoms in total. The van der Waals surface area contributed by atoms with Crippen LogP contribution in [0.5, 0.6) is 0 Å². The van der Waals surface area contributed by atoms with Gasteiger partial charge in [0.2, 0.25) is 0 Å². The summed E-state index contributed by atoms with van der Waals surface area (Å²) in [5.74, 6) is -0.564. The predicted molar refractivity (Wildman–Crippen MR) is 100 cm³/mol. The lowest BCUT2D eigenvalue weighted by molar-refractivity contribution is -0.157. The molecule has 0 radical (unpaired) electrons. The van der Waals surface area contributed by atoms with Gasteiger partial charge in [-0.1, -0.05) is 55.4 Å². The minimum absolute atomic E-state index is 0.164. The summed E-state index contributed by atoms with van der Waals surface area (Å²) in [5.41, 5.74) is 0. The van der Waals surface area contributed by atoms with Gasteiger partial charge in [-0.3, -0.25) is 13.6 Å². The molecule has 0 aromatic carbocycles. The third-order valence-electron chi connectivity index (χ3n) is 3.78. The molecule has 0 heterocycles. The van der Waals surface area contributed by atoms with Gasteiger partial charge in [0.15, 0.2) is 13.2 Å². The molecule has 0 saturated carbocycles. The van der Waals surface area contributed by atoms with E-state index < -0.39 is 33.4 Å². The van der Waals surface area contributed by atoms with Gasteiger partial charge >= 0.3 is 20.2 Å². The van der Waals surface area contributed by atoms with Crippen molar-refractivity contribution in [2.24, 2.45) is 23.7 Å². The van der Waals surface area contributed by atoms with Crippen LogP contribution in [0.1, 0.15) is 55.4 Å². The van der Waals surface area contributed by atoms with Crippen LogP contribution >= 0.6 is 8.25 Å².